The molecule has 0 unspecified atom stereocenters. The number of hydrogen-bond acceptors (Lipinski definition) is 3. The zero-order valence-electron chi connectivity index (χ0n) is 13.2. The molecule has 0 bridgehead atoms. The van der Waals surface area contributed by atoms with E-state index in [0.29, 0.717) is 6.42 Å². The van der Waals surface area contributed by atoms with Gasteiger partial charge in [0.05, 0.1) is 5.69 Å². The van der Waals surface area contributed by atoms with Crippen LogP contribution in [0.3, 0.4) is 0 Å². The van der Waals surface area contributed by atoms with Crippen molar-refractivity contribution in [3.63, 3.8) is 0 Å². The molecule has 2 aliphatic heterocycles. The lowest BCUT2D eigenvalue weighted by molar-refractivity contribution is -0.118. The first kappa shape index (κ1) is 13.9. The van der Waals surface area contributed by atoms with E-state index in [4.69, 9.17) is 0 Å². The Balaban J connectivity index is 1.62. The molecule has 0 spiro atoms. The van der Waals surface area contributed by atoms with E-state index in [1.54, 1.807) is 11.3 Å². The molecule has 0 saturated carbocycles. The van der Waals surface area contributed by atoms with Crippen LogP contribution in [0.2, 0.25) is 0 Å². The Bertz CT molecular complexity index is 946. The normalized spacial score (nSPS) is 15.7. The molecule has 0 saturated heterocycles. The molecular weight excluding hydrogens is 316 g/mol. The van der Waals surface area contributed by atoms with E-state index in [9.17, 15) is 4.79 Å². The number of thiophene rings is 1. The molecule has 0 aliphatic carbocycles. The molecule has 2 aliphatic rings. The van der Waals surface area contributed by atoms with Gasteiger partial charge in [0.1, 0.15) is 0 Å². The minimum absolute atomic E-state index is 0.273. The van der Waals surface area contributed by atoms with E-state index in [1.807, 2.05) is 17.3 Å². The second-order valence-electron chi connectivity index (χ2n) is 6.38. The number of aryl methyl sites for hydroxylation is 1. The first-order chi connectivity index (χ1) is 11.8. The van der Waals surface area contributed by atoms with E-state index < -0.39 is 0 Å². The van der Waals surface area contributed by atoms with Crippen LogP contribution < -0.4 is 4.90 Å². The fraction of sp³-hybridized carbons (Fsp3) is 0.200. The minimum Gasteiger partial charge on any atom is -0.312 e. The third-order valence-electron chi connectivity index (χ3n) is 4.93. The van der Waals surface area contributed by atoms with E-state index >= 15 is 0 Å². The monoisotopic (exact) mass is 332 g/mol. The molecule has 3 aromatic rings. The predicted octanol–water partition coefficient (Wildman–Crippen LogP) is 4.31. The second-order valence-corrected chi connectivity index (χ2v) is 7.33. The highest BCUT2D eigenvalue weighted by Crippen LogP contribution is 2.40. The van der Waals surface area contributed by atoms with Crippen molar-refractivity contribution in [3.05, 3.63) is 59.2 Å². The number of rotatable bonds is 2. The zero-order chi connectivity index (χ0) is 16.1. The van der Waals surface area contributed by atoms with Crippen molar-refractivity contribution < 1.29 is 4.79 Å². The lowest BCUT2D eigenvalue weighted by atomic mass is 9.94. The van der Waals surface area contributed by atoms with Crippen LogP contribution in [0, 0.1) is 0 Å². The minimum atomic E-state index is 0.273. The van der Waals surface area contributed by atoms with Crippen LogP contribution in [-0.4, -0.2) is 17.4 Å². The zero-order valence-corrected chi connectivity index (χ0v) is 14.0. The van der Waals surface area contributed by atoms with Crippen LogP contribution in [0.5, 0.6) is 0 Å². The Morgan fingerprint density at radius 1 is 0.958 bits per heavy atom. The van der Waals surface area contributed by atoms with Gasteiger partial charge in [0.15, 0.2) is 0 Å². The molecule has 0 N–H and O–H groups in total. The van der Waals surface area contributed by atoms with E-state index in [-0.39, 0.29) is 5.91 Å². The van der Waals surface area contributed by atoms with E-state index in [1.165, 1.54) is 27.3 Å². The second kappa shape index (κ2) is 5.28. The molecule has 24 heavy (non-hydrogen) atoms. The van der Waals surface area contributed by atoms with Crippen LogP contribution >= 0.6 is 11.3 Å². The summed E-state index contributed by atoms with van der Waals surface area (Å²) < 4.78 is 0. The Morgan fingerprint density at radius 3 is 2.62 bits per heavy atom. The third kappa shape index (κ3) is 2.10. The maximum Gasteiger partial charge on any atom is 0.227 e. The summed E-state index contributed by atoms with van der Waals surface area (Å²) in [5.74, 6) is 0.273. The van der Waals surface area contributed by atoms with Crippen molar-refractivity contribution in [2.24, 2.45) is 0 Å². The number of anilines is 1. The van der Waals surface area contributed by atoms with Crippen LogP contribution in [-0.2, 0) is 17.6 Å². The Morgan fingerprint density at radius 2 is 1.79 bits per heavy atom. The summed E-state index contributed by atoms with van der Waals surface area (Å²) >= 11 is 1.73. The van der Waals surface area contributed by atoms with Crippen LogP contribution in [0.4, 0.5) is 5.69 Å². The van der Waals surface area contributed by atoms with Gasteiger partial charge in [-0.1, -0.05) is 6.07 Å². The van der Waals surface area contributed by atoms with Crippen molar-refractivity contribution in [2.45, 2.75) is 19.3 Å². The van der Waals surface area contributed by atoms with Crippen molar-refractivity contribution in [1.29, 1.82) is 0 Å². The summed E-state index contributed by atoms with van der Waals surface area (Å²) in [5.41, 5.74) is 7.31. The molecule has 4 heterocycles. The quantitative estimate of drug-likeness (QED) is 0.700. The van der Waals surface area contributed by atoms with Gasteiger partial charge in [0.25, 0.3) is 0 Å². The maximum absolute atomic E-state index is 12.1. The highest BCUT2D eigenvalue weighted by Gasteiger charge is 2.31. The summed E-state index contributed by atoms with van der Waals surface area (Å²) in [6.07, 6.45) is 6.30. The van der Waals surface area contributed by atoms with Crippen LogP contribution in [0.1, 0.15) is 17.5 Å². The molecule has 3 nitrogen and oxygen atoms in total. The van der Waals surface area contributed by atoms with Gasteiger partial charge in [-0.05, 0) is 59.2 Å². The van der Waals surface area contributed by atoms with Crippen molar-refractivity contribution in [1.82, 2.24) is 4.98 Å². The van der Waals surface area contributed by atoms with Crippen molar-refractivity contribution >= 4 is 22.9 Å². The smallest absolute Gasteiger partial charge is 0.227 e. The maximum atomic E-state index is 12.1. The molecule has 118 valence electrons. The van der Waals surface area contributed by atoms with Crippen molar-refractivity contribution in [2.75, 3.05) is 11.4 Å². The summed E-state index contributed by atoms with van der Waals surface area (Å²) in [5, 5.41) is 2.09. The van der Waals surface area contributed by atoms with Gasteiger partial charge >= 0.3 is 0 Å². The number of nitrogens with zero attached hydrogens (tertiary/aromatic N) is 2. The van der Waals surface area contributed by atoms with Gasteiger partial charge in [-0.25, -0.2) is 0 Å². The highest BCUT2D eigenvalue weighted by atomic mass is 32.1. The predicted molar refractivity (Wildman–Crippen MR) is 97.4 cm³/mol. The molecular formula is C20H16N2OS. The van der Waals surface area contributed by atoms with Gasteiger partial charge in [-0.3, -0.25) is 9.78 Å². The Hall–Kier alpha value is -2.46. The SMILES string of the molecule is O=C1CCc2cc(-c3cncc(-c4cccs4)c3)cc3c2N1CC3. The van der Waals surface area contributed by atoms with Crippen molar-refractivity contribution in [3.8, 4) is 21.6 Å². The topological polar surface area (TPSA) is 33.2 Å². The molecule has 5 rings (SSSR count). The highest BCUT2D eigenvalue weighted by molar-refractivity contribution is 7.13. The lowest BCUT2D eigenvalue weighted by Crippen LogP contribution is -2.32. The number of amides is 1. The van der Waals surface area contributed by atoms with Gasteiger partial charge in [-0.15, -0.1) is 11.3 Å². The number of benzene rings is 1. The van der Waals surface area contributed by atoms with E-state index in [0.717, 1.165) is 30.5 Å². The largest absolute Gasteiger partial charge is 0.312 e. The molecule has 1 amide bonds. The third-order valence-corrected chi connectivity index (χ3v) is 5.85. The number of carbonyl (C=O) groups is 1. The molecule has 0 atom stereocenters. The summed E-state index contributed by atoms with van der Waals surface area (Å²) in [6, 6.07) is 10.9. The molecule has 1 aromatic carbocycles. The van der Waals surface area contributed by atoms with Gasteiger partial charge < -0.3 is 4.90 Å². The number of hydrogen-bond donors (Lipinski definition) is 0. The average Bonchev–Trinajstić information content (AvgIpc) is 3.29. The summed E-state index contributed by atoms with van der Waals surface area (Å²) in [6.45, 7) is 0.831. The standard InChI is InChI=1S/C20H16N2OS/c23-19-4-3-13-8-15(9-14-5-6-22(19)20(13)14)16-10-17(12-21-11-16)18-2-1-7-24-18/h1-2,7-12H,3-6H2. The average molecular weight is 332 g/mol. The number of carbonyl (C=O) groups excluding carboxylic acids is 1. The van der Waals surface area contributed by atoms with Gasteiger partial charge in [0.2, 0.25) is 5.91 Å². The summed E-state index contributed by atoms with van der Waals surface area (Å²) in [4.78, 5) is 19.7. The molecule has 2 aromatic heterocycles. The molecule has 4 heteroatoms. The first-order valence-corrected chi connectivity index (χ1v) is 9.13. The number of pyridine rings is 1. The Labute approximate surface area is 144 Å². The summed E-state index contributed by atoms with van der Waals surface area (Å²) in [7, 11) is 0. The van der Waals surface area contributed by atoms with Crippen LogP contribution in [0.25, 0.3) is 21.6 Å². The van der Waals surface area contributed by atoms with Crippen LogP contribution in [0.15, 0.2) is 48.1 Å². The Kier molecular flexibility index (Phi) is 3.06. The molecule has 0 fully saturated rings. The lowest BCUT2D eigenvalue weighted by Gasteiger charge is -2.25. The van der Waals surface area contributed by atoms with Gasteiger partial charge in [-0.2, -0.15) is 0 Å². The molecule has 0 radical (unpaired) electrons. The first-order valence-electron chi connectivity index (χ1n) is 8.25. The fourth-order valence-corrected chi connectivity index (χ4v) is 4.51. The fourth-order valence-electron chi connectivity index (χ4n) is 3.80. The van der Waals surface area contributed by atoms with E-state index in [2.05, 4.69) is 40.7 Å². The number of aromatic nitrogens is 1. The van der Waals surface area contributed by atoms with Gasteiger partial charge in [0, 0.05) is 41.4 Å².